The number of hydrogen-bond donors (Lipinski definition) is 3. The molecule has 6 nitrogen and oxygen atoms in total. The molecule has 0 fully saturated rings. The third-order valence-electron chi connectivity index (χ3n) is 5.03. The average Bonchev–Trinajstić information content (AvgIpc) is 2.54. The number of benzene rings is 2. The molecule has 0 spiro atoms. The standard InChI is InChI=1S/C20H20O6/c1-20(2)18(24)6-11-5-10(3-4-15(11)26-20)16-9-14(23)19-13(22)7-12(21)8-17(19)25-16/h3-5,7-8,16,18,21-22,24H,6,9H2,1-2H3/t16-,18+/m0/s1. The Hall–Kier alpha value is -2.73. The van der Waals surface area contributed by atoms with Crippen LogP contribution >= 0.6 is 0 Å². The maximum Gasteiger partial charge on any atom is 0.174 e. The van der Waals surface area contributed by atoms with Gasteiger partial charge >= 0.3 is 0 Å². The number of rotatable bonds is 1. The van der Waals surface area contributed by atoms with E-state index in [9.17, 15) is 20.1 Å². The fraction of sp³-hybridized carbons (Fsp3) is 0.350. The molecule has 2 aliphatic heterocycles. The zero-order chi connectivity index (χ0) is 18.6. The van der Waals surface area contributed by atoms with Gasteiger partial charge < -0.3 is 24.8 Å². The van der Waals surface area contributed by atoms with Gasteiger partial charge in [0.2, 0.25) is 0 Å². The van der Waals surface area contributed by atoms with E-state index in [2.05, 4.69) is 0 Å². The maximum absolute atomic E-state index is 12.4. The van der Waals surface area contributed by atoms with E-state index >= 15 is 0 Å². The lowest BCUT2D eigenvalue weighted by atomic mass is 9.88. The number of carbonyl (C=O) groups excluding carboxylic acids is 1. The summed E-state index contributed by atoms with van der Waals surface area (Å²) in [5, 5.41) is 29.8. The van der Waals surface area contributed by atoms with Crippen LogP contribution in [0.3, 0.4) is 0 Å². The zero-order valence-corrected chi connectivity index (χ0v) is 14.5. The molecular formula is C20H20O6. The average molecular weight is 356 g/mol. The Balaban J connectivity index is 1.67. The van der Waals surface area contributed by atoms with Crippen molar-refractivity contribution in [3.63, 3.8) is 0 Å². The molecule has 2 aromatic rings. The Labute approximate surface area is 150 Å². The largest absolute Gasteiger partial charge is 0.508 e. The van der Waals surface area contributed by atoms with Crippen LogP contribution in [-0.2, 0) is 6.42 Å². The molecule has 0 aromatic heterocycles. The summed E-state index contributed by atoms with van der Waals surface area (Å²) < 4.78 is 11.7. The maximum atomic E-state index is 12.4. The molecule has 2 aliphatic rings. The van der Waals surface area contributed by atoms with Crippen molar-refractivity contribution in [3.8, 4) is 23.0 Å². The molecule has 0 aliphatic carbocycles. The highest BCUT2D eigenvalue weighted by molar-refractivity contribution is 6.02. The van der Waals surface area contributed by atoms with Gasteiger partial charge in [-0.3, -0.25) is 4.79 Å². The highest BCUT2D eigenvalue weighted by Gasteiger charge is 2.37. The van der Waals surface area contributed by atoms with Crippen molar-refractivity contribution >= 4 is 5.78 Å². The number of hydrogen-bond acceptors (Lipinski definition) is 6. The second-order valence-corrected chi connectivity index (χ2v) is 7.36. The Morgan fingerprint density at radius 3 is 2.62 bits per heavy atom. The van der Waals surface area contributed by atoms with E-state index in [-0.39, 0.29) is 35.0 Å². The third-order valence-corrected chi connectivity index (χ3v) is 5.03. The molecule has 0 amide bonds. The van der Waals surface area contributed by atoms with Crippen LogP contribution in [0.4, 0.5) is 0 Å². The topological polar surface area (TPSA) is 96.2 Å². The van der Waals surface area contributed by atoms with Gasteiger partial charge in [-0.05, 0) is 37.1 Å². The lowest BCUT2D eigenvalue weighted by Crippen LogP contribution is -2.46. The number of aromatic hydroxyl groups is 2. The van der Waals surface area contributed by atoms with Crippen LogP contribution in [0.5, 0.6) is 23.0 Å². The van der Waals surface area contributed by atoms with Gasteiger partial charge in [-0.1, -0.05) is 6.07 Å². The van der Waals surface area contributed by atoms with Crippen molar-refractivity contribution in [2.24, 2.45) is 0 Å². The molecule has 2 heterocycles. The van der Waals surface area contributed by atoms with Crippen molar-refractivity contribution in [2.45, 2.75) is 44.5 Å². The third kappa shape index (κ3) is 2.66. The number of phenols is 2. The summed E-state index contributed by atoms with van der Waals surface area (Å²) in [5.74, 6) is 0.177. The molecule has 0 radical (unpaired) electrons. The zero-order valence-electron chi connectivity index (χ0n) is 14.5. The minimum Gasteiger partial charge on any atom is -0.508 e. The minimum absolute atomic E-state index is 0.0824. The summed E-state index contributed by atoms with van der Waals surface area (Å²) in [7, 11) is 0. The van der Waals surface area contributed by atoms with Gasteiger partial charge in [0.05, 0.1) is 12.5 Å². The molecular weight excluding hydrogens is 336 g/mol. The monoisotopic (exact) mass is 356 g/mol. The fourth-order valence-electron chi connectivity index (χ4n) is 3.48. The number of Topliss-reactive ketones (excluding diaryl/α,β-unsaturated/α-hetero) is 1. The highest BCUT2D eigenvalue weighted by Crippen LogP contribution is 2.43. The van der Waals surface area contributed by atoms with Crippen molar-refractivity contribution in [2.75, 3.05) is 0 Å². The normalized spacial score (nSPS) is 23.4. The smallest absolute Gasteiger partial charge is 0.174 e. The SMILES string of the molecule is CC1(C)Oc2ccc([C@@H]3CC(=O)c4c(O)cc(O)cc4O3)cc2C[C@H]1O. The highest BCUT2D eigenvalue weighted by atomic mass is 16.5. The van der Waals surface area contributed by atoms with E-state index < -0.39 is 17.8 Å². The summed E-state index contributed by atoms with van der Waals surface area (Å²) in [5.41, 5.74) is 1.08. The summed E-state index contributed by atoms with van der Waals surface area (Å²) in [6, 6.07) is 7.98. The van der Waals surface area contributed by atoms with Crippen LogP contribution < -0.4 is 9.47 Å². The van der Waals surface area contributed by atoms with Gasteiger partial charge in [0.15, 0.2) is 5.78 Å². The van der Waals surface area contributed by atoms with Gasteiger partial charge in [0.25, 0.3) is 0 Å². The van der Waals surface area contributed by atoms with E-state index in [1.54, 1.807) is 0 Å². The molecule has 0 unspecified atom stereocenters. The van der Waals surface area contributed by atoms with Crippen molar-refractivity contribution in [3.05, 3.63) is 47.0 Å². The molecule has 0 saturated carbocycles. The number of carbonyl (C=O) groups is 1. The fourth-order valence-corrected chi connectivity index (χ4v) is 3.48. The second-order valence-electron chi connectivity index (χ2n) is 7.36. The summed E-state index contributed by atoms with van der Waals surface area (Å²) in [6.07, 6.45) is -0.629. The van der Waals surface area contributed by atoms with E-state index in [1.165, 1.54) is 6.07 Å². The van der Waals surface area contributed by atoms with Crippen molar-refractivity contribution in [1.82, 2.24) is 0 Å². The van der Waals surface area contributed by atoms with Crippen LogP contribution in [-0.4, -0.2) is 32.8 Å². The van der Waals surface area contributed by atoms with E-state index in [4.69, 9.17) is 9.47 Å². The number of ketones is 1. The first-order valence-electron chi connectivity index (χ1n) is 8.50. The van der Waals surface area contributed by atoms with Crippen LogP contribution in [0.15, 0.2) is 30.3 Å². The molecule has 2 atom stereocenters. The first-order chi connectivity index (χ1) is 12.2. The van der Waals surface area contributed by atoms with Gasteiger partial charge in [-0.15, -0.1) is 0 Å². The summed E-state index contributed by atoms with van der Waals surface area (Å²) >= 11 is 0. The first kappa shape index (κ1) is 16.7. The Kier molecular flexibility index (Phi) is 3.63. The Morgan fingerprint density at radius 1 is 1.08 bits per heavy atom. The minimum atomic E-state index is -0.653. The molecule has 2 aromatic carbocycles. The van der Waals surface area contributed by atoms with Crippen LogP contribution in [0.2, 0.25) is 0 Å². The molecule has 3 N–H and O–H groups in total. The second kappa shape index (κ2) is 5.64. The predicted molar refractivity (Wildman–Crippen MR) is 92.9 cm³/mol. The van der Waals surface area contributed by atoms with Crippen LogP contribution in [0.25, 0.3) is 0 Å². The van der Waals surface area contributed by atoms with Gasteiger partial charge in [0, 0.05) is 18.6 Å². The molecule has 26 heavy (non-hydrogen) atoms. The van der Waals surface area contributed by atoms with E-state index in [0.29, 0.717) is 12.2 Å². The number of fused-ring (bicyclic) bond motifs is 2. The summed E-state index contributed by atoms with van der Waals surface area (Å²) in [4.78, 5) is 12.4. The Bertz CT molecular complexity index is 901. The van der Waals surface area contributed by atoms with E-state index in [1.807, 2.05) is 32.0 Å². The van der Waals surface area contributed by atoms with Crippen LogP contribution in [0.1, 0.15) is 47.9 Å². The quantitative estimate of drug-likeness (QED) is 0.727. The van der Waals surface area contributed by atoms with Crippen molar-refractivity contribution in [1.29, 1.82) is 0 Å². The lowest BCUT2D eigenvalue weighted by molar-refractivity contribution is -0.0412. The molecule has 0 saturated heterocycles. The lowest BCUT2D eigenvalue weighted by Gasteiger charge is -2.37. The molecule has 6 heteroatoms. The van der Waals surface area contributed by atoms with Crippen molar-refractivity contribution < 1.29 is 29.6 Å². The first-order valence-corrected chi connectivity index (χ1v) is 8.50. The molecule has 136 valence electrons. The van der Waals surface area contributed by atoms with Gasteiger partial charge in [-0.2, -0.15) is 0 Å². The number of ether oxygens (including phenoxy) is 2. The molecule has 0 bridgehead atoms. The number of aliphatic hydroxyl groups is 1. The number of phenolic OH excluding ortho intramolecular Hbond substituents is 2. The summed E-state index contributed by atoms with van der Waals surface area (Å²) in [6.45, 7) is 3.68. The predicted octanol–water partition coefficient (Wildman–Crippen LogP) is 2.88. The van der Waals surface area contributed by atoms with Crippen LogP contribution in [0, 0.1) is 0 Å². The van der Waals surface area contributed by atoms with Gasteiger partial charge in [-0.25, -0.2) is 0 Å². The Morgan fingerprint density at radius 2 is 1.85 bits per heavy atom. The molecule has 4 rings (SSSR count). The number of aliphatic hydroxyl groups excluding tert-OH is 1. The van der Waals surface area contributed by atoms with Gasteiger partial charge in [0.1, 0.15) is 40.3 Å². The van der Waals surface area contributed by atoms with E-state index in [0.717, 1.165) is 17.2 Å².